The molecule has 6 nitrogen and oxygen atoms in total. The van der Waals surface area contributed by atoms with Gasteiger partial charge < -0.3 is 9.47 Å². The lowest BCUT2D eigenvalue weighted by Crippen LogP contribution is -2.13. The molecular weight excluding hydrogens is 826 g/mol. The molecule has 6 rings (SSSR count). The van der Waals surface area contributed by atoms with Gasteiger partial charge in [0.1, 0.15) is 11.5 Å². The Balaban J connectivity index is 0.000000188. The number of hydrogen-bond donors (Lipinski definition) is 0. The number of carbonyl (C=O) groups excluding carboxylic acids is 2. The number of halogens is 6. The van der Waals surface area contributed by atoms with Gasteiger partial charge in [-0.15, -0.1) is 0 Å². The molecule has 2 aliphatic rings. The van der Waals surface area contributed by atoms with Crippen molar-refractivity contribution < 1.29 is 19.1 Å². The van der Waals surface area contributed by atoms with E-state index in [0.29, 0.717) is 84.4 Å². The number of ether oxygens (including phenoxy) is 2. The maximum absolute atomic E-state index is 13.0. The second kappa shape index (κ2) is 16.2. The Labute approximate surface area is 315 Å². The maximum Gasteiger partial charge on any atom is 0.193 e. The number of nitrogens with zero attached hydrogens (tertiary/aromatic N) is 2. The van der Waals surface area contributed by atoms with E-state index in [-0.39, 0.29) is 17.5 Å². The molecule has 0 bridgehead atoms. The zero-order chi connectivity index (χ0) is 34.5. The maximum atomic E-state index is 13.0. The summed E-state index contributed by atoms with van der Waals surface area (Å²) in [5.74, 6) is 0.785. The normalized spacial score (nSPS) is 16.8. The van der Waals surface area contributed by atoms with Crippen molar-refractivity contribution in [3.05, 3.63) is 142 Å². The number of carbonyl (C=O) groups is 2. The predicted octanol–water partition coefficient (Wildman–Crippen LogP) is 10.9. The molecule has 0 N–H and O–H groups in total. The van der Waals surface area contributed by atoms with E-state index in [4.69, 9.17) is 55.9 Å². The van der Waals surface area contributed by atoms with E-state index >= 15 is 0 Å². The molecule has 2 aromatic carbocycles. The van der Waals surface area contributed by atoms with E-state index in [1.807, 2.05) is 36.4 Å². The molecule has 0 spiro atoms. The minimum Gasteiger partial charge on any atom is -0.500 e. The molecule has 2 heterocycles. The van der Waals surface area contributed by atoms with Crippen molar-refractivity contribution in [2.45, 2.75) is 19.3 Å². The topological polar surface area (TPSA) is 78.4 Å². The van der Waals surface area contributed by atoms with Crippen LogP contribution in [0.15, 0.2) is 99.1 Å². The van der Waals surface area contributed by atoms with Gasteiger partial charge in [-0.25, -0.2) is 0 Å². The van der Waals surface area contributed by atoms with Crippen molar-refractivity contribution >= 4 is 107 Å². The molecule has 0 saturated heterocycles. The summed E-state index contributed by atoms with van der Waals surface area (Å²) in [5.41, 5.74) is 4.09. The average Bonchev–Trinajstić information content (AvgIpc) is 3.52. The smallest absolute Gasteiger partial charge is 0.193 e. The predicted molar refractivity (Wildman–Crippen MR) is 199 cm³/mol. The Morgan fingerprint density at radius 3 is 1.81 bits per heavy atom. The van der Waals surface area contributed by atoms with Crippen LogP contribution >= 0.6 is 78.3 Å². The highest BCUT2D eigenvalue weighted by Crippen LogP contribution is 2.44. The summed E-state index contributed by atoms with van der Waals surface area (Å²) in [5, 5.41) is 1.63. The molecule has 2 aromatic heterocycles. The molecule has 0 radical (unpaired) electrons. The molecule has 48 heavy (non-hydrogen) atoms. The molecule has 246 valence electrons. The fourth-order valence-corrected chi connectivity index (χ4v) is 8.31. The molecule has 12 heteroatoms. The zero-order valence-electron chi connectivity index (χ0n) is 25.5. The Morgan fingerprint density at radius 2 is 1.31 bits per heavy atom. The van der Waals surface area contributed by atoms with Gasteiger partial charge in [0.05, 0.1) is 51.2 Å². The number of methoxy groups -OCH3 is 2. The number of hydrogen-bond acceptors (Lipinski definition) is 6. The van der Waals surface area contributed by atoms with Crippen LogP contribution < -0.4 is 0 Å². The number of pyridine rings is 2. The van der Waals surface area contributed by atoms with Gasteiger partial charge in [-0.2, -0.15) is 0 Å². The summed E-state index contributed by atoms with van der Waals surface area (Å²) < 4.78 is 12.4. The zero-order valence-corrected chi connectivity index (χ0v) is 31.7. The van der Waals surface area contributed by atoms with Crippen molar-refractivity contribution in [2.75, 3.05) is 14.2 Å². The lowest BCUT2D eigenvalue weighted by molar-refractivity contribution is -0.116. The summed E-state index contributed by atoms with van der Waals surface area (Å²) in [6, 6.07) is 18.1. The molecule has 1 atom stereocenters. The molecule has 0 aliphatic heterocycles. The number of Topliss-reactive ketones (excluding diaryl/α,β-unsaturated/α-hetero) is 2. The van der Waals surface area contributed by atoms with Crippen LogP contribution in [0, 0.1) is 5.92 Å². The van der Waals surface area contributed by atoms with Crippen molar-refractivity contribution in [3.8, 4) is 0 Å². The van der Waals surface area contributed by atoms with Gasteiger partial charge in [-0.1, -0.05) is 90.4 Å². The quantitative estimate of drug-likeness (QED) is 0.172. The third kappa shape index (κ3) is 8.07. The third-order valence-electron chi connectivity index (χ3n) is 7.67. The largest absolute Gasteiger partial charge is 0.500 e. The van der Waals surface area contributed by atoms with E-state index in [1.165, 1.54) is 7.11 Å². The molecule has 2 aliphatic carbocycles. The van der Waals surface area contributed by atoms with E-state index in [0.717, 1.165) is 14.6 Å². The van der Waals surface area contributed by atoms with Gasteiger partial charge in [0.2, 0.25) is 0 Å². The average molecular weight is 852 g/mol. The highest BCUT2D eigenvalue weighted by atomic mass is 79.9. The fourth-order valence-electron chi connectivity index (χ4n) is 5.52. The van der Waals surface area contributed by atoms with Crippen LogP contribution in [0.1, 0.15) is 35.4 Å². The summed E-state index contributed by atoms with van der Waals surface area (Å²) in [7, 11) is 3.10. The van der Waals surface area contributed by atoms with Gasteiger partial charge in [-0.3, -0.25) is 19.6 Å². The van der Waals surface area contributed by atoms with Crippen LogP contribution in [0.2, 0.25) is 20.1 Å². The summed E-state index contributed by atoms with van der Waals surface area (Å²) in [6.07, 6.45) is 6.62. The monoisotopic (exact) mass is 848 g/mol. The minimum absolute atomic E-state index is 0.0105. The number of benzene rings is 2. The highest BCUT2D eigenvalue weighted by molar-refractivity contribution is 9.10. The molecule has 4 aromatic rings. The second-order valence-corrected chi connectivity index (χ2v) is 14.2. The van der Waals surface area contributed by atoms with Gasteiger partial charge in [-0.05, 0) is 54.6 Å². The lowest BCUT2D eigenvalue weighted by atomic mass is 9.95. The minimum atomic E-state index is -0.222. The van der Waals surface area contributed by atoms with Crippen LogP contribution in [0.5, 0.6) is 0 Å². The Hall–Kier alpha value is -2.98. The van der Waals surface area contributed by atoms with Crippen LogP contribution in [0.25, 0.3) is 17.2 Å². The lowest BCUT2D eigenvalue weighted by Gasteiger charge is -2.11. The summed E-state index contributed by atoms with van der Waals surface area (Å²) in [6.45, 7) is 0. The Morgan fingerprint density at radius 1 is 0.771 bits per heavy atom. The summed E-state index contributed by atoms with van der Waals surface area (Å²) in [4.78, 5) is 34.4. The highest BCUT2D eigenvalue weighted by Gasteiger charge is 2.37. The van der Waals surface area contributed by atoms with Crippen molar-refractivity contribution in [1.82, 2.24) is 9.97 Å². The van der Waals surface area contributed by atoms with Gasteiger partial charge in [0.15, 0.2) is 11.6 Å². The van der Waals surface area contributed by atoms with Crippen molar-refractivity contribution in [1.29, 1.82) is 0 Å². The van der Waals surface area contributed by atoms with Crippen molar-refractivity contribution in [3.63, 3.8) is 0 Å². The van der Waals surface area contributed by atoms with E-state index in [9.17, 15) is 9.59 Å². The van der Waals surface area contributed by atoms with Crippen LogP contribution in [-0.2, 0) is 25.5 Å². The van der Waals surface area contributed by atoms with Gasteiger partial charge >= 0.3 is 0 Å². The molecule has 1 unspecified atom stereocenters. The van der Waals surface area contributed by atoms with Crippen molar-refractivity contribution in [2.24, 2.45) is 5.92 Å². The number of aromatic nitrogens is 2. The molecule has 0 amide bonds. The number of ketones is 2. The second-order valence-electron chi connectivity index (χ2n) is 10.7. The van der Waals surface area contributed by atoms with Crippen LogP contribution in [-0.4, -0.2) is 35.8 Å². The first kappa shape index (κ1) is 36.3. The number of rotatable bonds is 7. The molecular formula is C36H26Br2Cl4N2O4. The molecule has 0 saturated carbocycles. The first-order valence-electron chi connectivity index (χ1n) is 14.5. The Bertz CT molecular complexity index is 1940. The Kier molecular flexibility index (Phi) is 12.2. The number of allylic oxidation sites excluding steroid dienone is 4. The first-order chi connectivity index (χ1) is 23.0. The molecule has 0 fully saturated rings. The van der Waals surface area contributed by atoms with E-state index in [2.05, 4.69) is 41.8 Å². The van der Waals surface area contributed by atoms with Crippen LogP contribution in [0.3, 0.4) is 0 Å². The van der Waals surface area contributed by atoms with Crippen LogP contribution in [0.4, 0.5) is 0 Å². The van der Waals surface area contributed by atoms with Gasteiger partial charge in [0.25, 0.3) is 0 Å². The van der Waals surface area contributed by atoms with Gasteiger partial charge in [0, 0.05) is 68.9 Å². The van der Waals surface area contributed by atoms with E-state index < -0.39 is 0 Å². The summed E-state index contributed by atoms with van der Waals surface area (Å²) >= 11 is 32.0. The fraction of sp³-hybridized carbons (Fsp3) is 0.167. The van der Waals surface area contributed by atoms with E-state index in [1.54, 1.807) is 49.8 Å². The standard InChI is InChI=1S/C18H14BrCl2NO2.C18H12BrCl2NO2/c2*1-24-15-7-10(6-12-4-2-3-5-22-12)18(23)17(15)16-13(20)8-11(19)9-14(16)21/h2-5,8-10H,6-7H2,1H3;2-6,8-9H,7H2,1H3/b;10-6+. The SMILES string of the molecule is COC1=C(c2c(Cl)cc(Br)cc2Cl)C(=O)/C(=C/c2ccccn2)C1.COC1=C(c2c(Cl)cc(Br)cc2Cl)C(=O)C(Cc2ccccn2)C1. The first-order valence-corrected chi connectivity index (χ1v) is 17.6. The third-order valence-corrected chi connectivity index (χ3v) is 9.78.